The third kappa shape index (κ3) is 2.54. The maximum absolute atomic E-state index is 12.5. The molecule has 0 saturated carbocycles. The SMILES string of the molecule is CC(C)n1ncc(Br)c1C(=O)c1cncc(Br)c1. The number of pyridine rings is 1. The summed E-state index contributed by atoms with van der Waals surface area (Å²) in [6.07, 6.45) is 4.83. The number of halogens is 2. The molecule has 2 aromatic heterocycles. The molecular weight excluding hydrogens is 362 g/mol. The zero-order valence-electron chi connectivity index (χ0n) is 9.89. The first kappa shape index (κ1) is 13.4. The maximum Gasteiger partial charge on any atom is 0.213 e. The Hall–Kier alpha value is -1.01. The second-order valence-corrected chi connectivity index (χ2v) is 5.87. The van der Waals surface area contributed by atoms with Crippen molar-refractivity contribution in [2.45, 2.75) is 19.9 Å². The maximum atomic E-state index is 12.5. The van der Waals surface area contributed by atoms with Crippen LogP contribution in [0.2, 0.25) is 0 Å². The van der Waals surface area contributed by atoms with Gasteiger partial charge in [0.1, 0.15) is 5.69 Å². The van der Waals surface area contributed by atoms with Crippen molar-refractivity contribution >= 4 is 37.6 Å². The summed E-state index contributed by atoms with van der Waals surface area (Å²) < 4.78 is 3.18. The fourth-order valence-corrected chi connectivity index (χ4v) is 2.44. The van der Waals surface area contributed by atoms with E-state index in [-0.39, 0.29) is 11.8 Å². The number of hydrogen-bond donors (Lipinski definition) is 0. The molecule has 0 fully saturated rings. The Bertz CT molecular complexity index is 593. The van der Waals surface area contributed by atoms with Crippen molar-refractivity contribution < 1.29 is 4.79 Å². The van der Waals surface area contributed by atoms with Crippen LogP contribution in [-0.2, 0) is 0 Å². The predicted molar refractivity (Wildman–Crippen MR) is 75.7 cm³/mol. The Balaban J connectivity index is 2.49. The van der Waals surface area contributed by atoms with E-state index in [1.165, 1.54) is 0 Å². The van der Waals surface area contributed by atoms with Crippen molar-refractivity contribution in [3.05, 3.63) is 44.9 Å². The summed E-state index contributed by atoms with van der Waals surface area (Å²) in [4.78, 5) is 16.5. The zero-order valence-corrected chi connectivity index (χ0v) is 13.1. The quantitative estimate of drug-likeness (QED) is 0.773. The number of carbonyl (C=O) groups excluding carboxylic acids is 1. The molecule has 0 bridgehead atoms. The molecule has 2 rings (SSSR count). The van der Waals surface area contributed by atoms with E-state index < -0.39 is 0 Å². The zero-order chi connectivity index (χ0) is 13.3. The van der Waals surface area contributed by atoms with Crippen LogP contribution in [0.3, 0.4) is 0 Å². The van der Waals surface area contributed by atoms with E-state index in [4.69, 9.17) is 0 Å². The number of hydrogen-bond acceptors (Lipinski definition) is 3. The molecule has 6 heteroatoms. The van der Waals surface area contributed by atoms with Gasteiger partial charge in [-0.25, -0.2) is 0 Å². The molecule has 0 spiro atoms. The standard InChI is InChI=1S/C12H11Br2N3O/c1-7(2)17-11(10(14)6-16-17)12(18)8-3-9(13)5-15-4-8/h3-7H,1-2H3. The van der Waals surface area contributed by atoms with Crippen LogP contribution in [0.1, 0.15) is 35.9 Å². The minimum Gasteiger partial charge on any atom is -0.287 e. The molecule has 2 aromatic rings. The van der Waals surface area contributed by atoms with Crippen molar-refractivity contribution in [2.24, 2.45) is 0 Å². The topological polar surface area (TPSA) is 47.8 Å². The van der Waals surface area contributed by atoms with Gasteiger partial charge in [-0.15, -0.1) is 0 Å². The van der Waals surface area contributed by atoms with Gasteiger partial charge in [0.2, 0.25) is 5.78 Å². The van der Waals surface area contributed by atoms with Crippen molar-refractivity contribution in [3.63, 3.8) is 0 Å². The summed E-state index contributed by atoms with van der Waals surface area (Å²) in [5, 5.41) is 4.20. The predicted octanol–water partition coefficient (Wildman–Crippen LogP) is 3.62. The third-order valence-electron chi connectivity index (χ3n) is 2.42. The van der Waals surface area contributed by atoms with Gasteiger partial charge in [-0.3, -0.25) is 14.5 Å². The van der Waals surface area contributed by atoms with E-state index in [1.54, 1.807) is 29.3 Å². The summed E-state index contributed by atoms with van der Waals surface area (Å²) in [6.45, 7) is 3.96. The van der Waals surface area contributed by atoms with Gasteiger partial charge in [-0.2, -0.15) is 5.10 Å². The van der Waals surface area contributed by atoms with E-state index in [2.05, 4.69) is 41.9 Å². The van der Waals surface area contributed by atoms with Gasteiger partial charge in [0.15, 0.2) is 0 Å². The van der Waals surface area contributed by atoms with E-state index in [1.807, 2.05) is 13.8 Å². The van der Waals surface area contributed by atoms with Crippen LogP contribution in [0.5, 0.6) is 0 Å². The molecule has 0 aliphatic rings. The fraction of sp³-hybridized carbons (Fsp3) is 0.250. The first-order chi connectivity index (χ1) is 8.50. The fourth-order valence-electron chi connectivity index (χ4n) is 1.62. The van der Waals surface area contributed by atoms with Gasteiger partial charge in [0.05, 0.1) is 10.7 Å². The highest BCUT2D eigenvalue weighted by Gasteiger charge is 2.20. The van der Waals surface area contributed by atoms with Crippen LogP contribution in [0, 0.1) is 0 Å². The molecule has 0 amide bonds. The Morgan fingerprint density at radius 1 is 1.28 bits per heavy atom. The number of ketones is 1. The molecule has 0 N–H and O–H groups in total. The molecule has 0 radical (unpaired) electrons. The summed E-state index contributed by atoms with van der Waals surface area (Å²) in [5.41, 5.74) is 1.08. The molecule has 0 aromatic carbocycles. The molecular formula is C12H11Br2N3O. The van der Waals surface area contributed by atoms with Crippen LogP contribution in [0.15, 0.2) is 33.6 Å². The lowest BCUT2D eigenvalue weighted by molar-refractivity contribution is 0.102. The molecule has 18 heavy (non-hydrogen) atoms. The molecule has 0 aliphatic heterocycles. The smallest absolute Gasteiger partial charge is 0.213 e. The van der Waals surface area contributed by atoms with Crippen molar-refractivity contribution in [2.75, 3.05) is 0 Å². The Morgan fingerprint density at radius 3 is 2.61 bits per heavy atom. The Labute approximate surface area is 122 Å². The van der Waals surface area contributed by atoms with Crippen LogP contribution in [0.4, 0.5) is 0 Å². The molecule has 0 saturated heterocycles. The molecule has 4 nitrogen and oxygen atoms in total. The molecule has 0 unspecified atom stereocenters. The average Bonchev–Trinajstić information content (AvgIpc) is 2.70. The summed E-state index contributed by atoms with van der Waals surface area (Å²) in [6, 6.07) is 1.87. The molecule has 94 valence electrons. The van der Waals surface area contributed by atoms with E-state index in [0.717, 1.165) is 4.47 Å². The highest BCUT2D eigenvalue weighted by atomic mass is 79.9. The van der Waals surface area contributed by atoms with E-state index >= 15 is 0 Å². The van der Waals surface area contributed by atoms with Crippen molar-refractivity contribution in [1.29, 1.82) is 0 Å². The van der Waals surface area contributed by atoms with Gasteiger partial charge in [-0.1, -0.05) is 0 Å². The lowest BCUT2D eigenvalue weighted by atomic mass is 10.1. The third-order valence-corrected chi connectivity index (χ3v) is 3.44. The molecule has 0 aliphatic carbocycles. The molecule has 2 heterocycles. The van der Waals surface area contributed by atoms with Crippen LogP contribution < -0.4 is 0 Å². The number of aromatic nitrogens is 3. The van der Waals surface area contributed by atoms with Gasteiger partial charge < -0.3 is 0 Å². The van der Waals surface area contributed by atoms with Crippen molar-refractivity contribution in [3.8, 4) is 0 Å². The Morgan fingerprint density at radius 2 is 2.00 bits per heavy atom. The molecule has 0 atom stereocenters. The van der Waals surface area contributed by atoms with Crippen LogP contribution in [0.25, 0.3) is 0 Å². The monoisotopic (exact) mass is 371 g/mol. The van der Waals surface area contributed by atoms with E-state index in [9.17, 15) is 4.79 Å². The normalized spacial score (nSPS) is 10.9. The highest BCUT2D eigenvalue weighted by Crippen LogP contribution is 2.23. The van der Waals surface area contributed by atoms with E-state index in [0.29, 0.717) is 15.7 Å². The second-order valence-electron chi connectivity index (χ2n) is 4.10. The first-order valence-electron chi connectivity index (χ1n) is 5.39. The lowest BCUT2D eigenvalue weighted by Crippen LogP contribution is -2.14. The van der Waals surface area contributed by atoms with Gasteiger partial charge in [0.25, 0.3) is 0 Å². The second kappa shape index (κ2) is 5.32. The van der Waals surface area contributed by atoms with Gasteiger partial charge in [0, 0.05) is 28.5 Å². The minimum atomic E-state index is -0.0955. The largest absolute Gasteiger partial charge is 0.287 e. The number of carbonyl (C=O) groups is 1. The van der Waals surface area contributed by atoms with Crippen molar-refractivity contribution in [1.82, 2.24) is 14.8 Å². The van der Waals surface area contributed by atoms with Crippen LogP contribution >= 0.6 is 31.9 Å². The van der Waals surface area contributed by atoms with Crippen LogP contribution in [-0.4, -0.2) is 20.5 Å². The first-order valence-corrected chi connectivity index (χ1v) is 6.97. The lowest BCUT2D eigenvalue weighted by Gasteiger charge is -2.10. The summed E-state index contributed by atoms with van der Waals surface area (Å²) >= 11 is 6.68. The van der Waals surface area contributed by atoms with Gasteiger partial charge >= 0.3 is 0 Å². The minimum absolute atomic E-state index is 0.0955. The van der Waals surface area contributed by atoms with Gasteiger partial charge in [-0.05, 0) is 51.8 Å². The Kier molecular flexibility index (Phi) is 3.97. The number of rotatable bonds is 3. The average molecular weight is 373 g/mol. The number of nitrogens with zero attached hydrogens (tertiary/aromatic N) is 3. The summed E-state index contributed by atoms with van der Waals surface area (Å²) in [5.74, 6) is -0.0955. The highest BCUT2D eigenvalue weighted by molar-refractivity contribution is 9.10. The summed E-state index contributed by atoms with van der Waals surface area (Å²) in [7, 11) is 0.